The lowest BCUT2D eigenvalue weighted by Crippen LogP contribution is -1.95. The van der Waals surface area contributed by atoms with Crippen LogP contribution >= 0.6 is 0 Å². The first-order valence-electron chi connectivity index (χ1n) is 4.21. The quantitative estimate of drug-likeness (QED) is 0.671. The van der Waals surface area contributed by atoms with Crippen molar-refractivity contribution in [1.29, 1.82) is 0 Å². The molecule has 0 aliphatic carbocycles. The minimum absolute atomic E-state index is 0.0888. The molecule has 0 amide bonds. The van der Waals surface area contributed by atoms with Gasteiger partial charge in [0.05, 0.1) is 5.69 Å². The largest absolute Gasteiger partial charge is 0.508 e. The molecular formula is C10H10N2O2. The zero-order valence-corrected chi connectivity index (χ0v) is 7.68. The van der Waals surface area contributed by atoms with Crippen LogP contribution in [0.25, 0.3) is 5.69 Å². The van der Waals surface area contributed by atoms with Crippen molar-refractivity contribution < 1.29 is 10.2 Å². The van der Waals surface area contributed by atoms with Crippen molar-refractivity contribution in [2.24, 2.45) is 0 Å². The predicted octanol–water partition coefficient (Wildman–Crippen LogP) is 1.59. The molecule has 1 heterocycles. The third-order valence-corrected chi connectivity index (χ3v) is 1.93. The van der Waals surface area contributed by atoms with Crippen molar-refractivity contribution in [2.75, 3.05) is 0 Å². The summed E-state index contributed by atoms with van der Waals surface area (Å²) in [6, 6.07) is 6.14. The van der Waals surface area contributed by atoms with E-state index in [4.69, 9.17) is 0 Å². The van der Waals surface area contributed by atoms with Gasteiger partial charge in [-0.3, -0.25) is 0 Å². The molecule has 0 bridgehead atoms. The maximum absolute atomic E-state index is 9.53. The third kappa shape index (κ3) is 1.42. The van der Waals surface area contributed by atoms with Gasteiger partial charge in [-0.2, -0.15) is 5.10 Å². The molecule has 0 radical (unpaired) electrons. The van der Waals surface area contributed by atoms with Crippen LogP contribution in [0.3, 0.4) is 0 Å². The van der Waals surface area contributed by atoms with Gasteiger partial charge in [-0.1, -0.05) is 0 Å². The molecule has 0 saturated carbocycles. The van der Waals surface area contributed by atoms with Gasteiger partial charge in [0.1, 0.15) is 17.2 Å². The molecule has 1 aromatic carbocycles. The van der Waals surface area contributed by atoms with Crippen molar-refractivity contribution in [3.8, 4) is 17.2 Å². The van der Waals surface area contributed by atoms with Crippen LogP contribution in [0, 0.1) is 6.92 Å². The summed E-state index contributed by atoms with van der Waals surface area (Å²) in [6.45, 7) is 1.86. The molecule has 2 rings (SSSR count). The number of hydrogen-bond donors (Lipinski definition) is 2. The number of aryl methyl sites for hydroxylation is 1. The Hall–Kier alpha value is -1.97. The van der Waals surface area contributed by atoms with Gasteiger partial charge < -0.3 is 10.2 Å². The number of phenolic OH excluding ortho intramolecular Hbond substituents is 2. The minimum Gasteiger partial charge on any atom is -0.508 e. The van der Waals surface area contributed by atoms with Crippen molar-refractivity contribution in [2.45, 2.75) is 6.92 Å². The number of phenols is 2. The summed E-state index contributed by atoms with van der Waals surface area (Å²) in [6.07, 6.45) is 1.73. The van der Waals surface area contributed by atoms with E-state index in [0.29, 0.717) is 5.69 Å². The molecule has 72 valence electrons. The van der Waals surface area contributed by atoms with E-state index < -0.39 is 0 Å². The van der Waals surface area contributed by atoms with Crippen LogP contribution in [0.15, 0.2) is 30.5 Å². The van der Waals surface area contributed by atoms with Crippen LogP contribution in [0.2, 0.25) is 0 Å². The molecule has 0 unspecified atom stereocenters. The second kappa shape index (κ2) is 3.06. The van der Waals surface area contributed by atoms with Gasteiger partial charge in [-0.25, -0.2) is 4.68 Å². The summed E-state index contributed by atoms with van der Waals surface area (Å²) >= 11 is 0. The number of nitrogens with zero attached hydrogens (tertiary/aromatic N) is 2. The van der Waals surface area contributed by atoms with Gasteiger partial charge in [0.15, 0.2) is 0 Å². The van der Waals surface area contributed by atoms with Crippen molar-refractivity contribution in [3.63, 3.8) is 0 Å². The molecular weight excluding hydrogens is 180 g/mol. The first kappa shape index (κ1) is 8.62. The maximum Gasteiger partial charge on any atom is 0.141 e. The summed E-state index contributed by atoms with van der Waals surface area (Å²) in [5, 5.41) is 22.9. The molecule has 14 heavy (non-hydrogen) atoms. The lowest BCUT2D eigenvalue weighted by atomic mass is 10.3. The highest BCUT2D eigenvalue weighted by molar-refractivity contribution is 5.49. The smallest absolute Gasteiger partial charge is 0.141 e. The number of benzene rings is 1. The van der Waals surface area contributed by atoms with Crippen LogP contribution in [-0.4, -0.2) is 20.0 Å². The molecule has 4 nitrogen and oxygen atoms in total. The standard InChI is InChI=1S/C10H10N2O2/c1-7-4-5-12(11-7)9-6-8(13)2-3-10(9)14/h2-6,13-14H,1H3. The summed E-state index contributed by atoms with van der Waals surface area (Å²) in [5.41, 5.74) is 1.32. The van der Waals surface area contributed by atoms with Crippen molar-refractivity contribution in [1.82, 2.24) is 9.78 Å². The lowest BCUT2D eigenvalue weighted by molar-refractivity contribution is 0.456. The van der Waals surface area contributed by atoms with Crippen LogP contribution in [0.5, 0.6) is 11.5 Å². The Kier molecular flexibility index (Phi) is 1.89. The maximum atomic E-state index is 9.53. The Morgan fingerprint density at radius 3 is 2.64 bits per heavy atom. The van der Waals surface area contributed by atoms with E-state index in [0.717, 1.165) is 5.69 Å². The molecule has 0 aliphatic rings. The number of aromatic nitrogens is 2. The molecule has 0 atom stereocenters. The van der Waals surface area contributed by atoms with E-state index in [1.54, 1.807) is 6.20 Å². The molecule has 0 saturated heterocycles. The van der Waals surface area contributed by atoms with Crippen molar-refractivity contribution in [3.05, 3.63) is 36.2 Å². The molecule has 0 spiro atoms. The fraction of sp³-hybridized carbons (Fsp3) is 0.100. The summed E-state index contributed by atoms with van der Waals surface area (Å²) in [5.74, 6) is 0.192. The SMILES string of the molecule is Cc1ccn(-c2cc(O)ccc2O)n1. The normalized spacial score (nSPS) is 10.4. The molecule has 1 aromatic heterocycles. The second-order valence-electron chi connectivity index (χ2n) is 3.07. The van der Waals surface area contributed by atoms with E-state index in [9.17, 15) is 10.2 Å². The Bertz CT molecular complexity index is 463. The Labute approximate surface area is 81.0 Å². The van der Waals surface area contributed by atoms with Gasteiger partial charge in [0.2, 0.25) is 0 Å². The highest BCUT2D eigenvalue weighted by atomic mass is 16.3. The molecule has 4 heteroatoms. The number of hydrogen-bond acceptors (Lipinski definition) is 3. The summed E-state index contributed by atoms with van der Waals surface area (Å²) in [7, 11) is 0. The van der Waals surface area contributed by atoms with Crippen LogP contribution in [0.4, 0.5) is 0 Å². The predicted molar refractivity (Wildman–Crippen MR) is 51.6 cm³/mol. The Morgan fingerprint density at radius 1 is 1.21 bits per heavy atom. The van der Waals surface area contributed by atoms with E-state index in [-0.39, 0.29) is 11.5 Å². The Morgan fingerprint density at radius 2 is 2.00 bits per heavy atom. The van der Waals surface area contributed by atoms with E-state index in [2.05, 4.69) is 5.10 Å². The number of aromatic hydroxyl groups is 2. The van der Waals surface area contributed by atoms with Crippen molar-refractivity contribution >= 4 is 0 Å². The Balaban J connectivity index is 2.55. The lowest BCUT2D eigenvalue weighted by Gasteiger charge is -2.04. The van der Waals surface area contributed by atoms with Gasteiger partial charge in [-0.05, 0) is 25.1 Å². The molecule has 0 aliphatic heterocycles. The zero-order chi connectivity index (χ0) is 10.1. The van der Waals surface area contributed by atoms with Gasteiger partial charge >= 0.3 is 0 Å². The summed E-state index contributed by atoms with van der Waals surface area (Å²) < 4.78 is 1.52. The second-order valence-corrected chi connectivity index (χ2v) is 3.07. The van der Waals surface area contributed by atoms with Crippen LogP contribution < -0.4 is 0 Å². The van der Waals surface area contributed by atoms with Gasteiger partial charge in [-0.15, -0.1) is 0 Å². The topological polar surface area (TPSA) is 58.3 Å². The fourth-order valence-corrected chi connectivity index (χ4v) is 1.24. The van der Waals surface area contributed by atoms with E-state index in [1.165, 1.54) is 22.9 Å². The average Bonchev–Trinajstić information content (AvgIpc) is 2.56. The van der Waals surface area contributed by atoms with Gasteiger partial charge in [0.25, 0.3) is 0 Å². The highest BCUT2D eigenvalue weighted by Crippen LogP contribution is 2.25. The molecule has 2 N–H and O–H groups in total. The third-order valence-electron chi connectivity index (χ3n) is 1.93. The van der Waals surface area contributed by atoms with E-state index in [1.807, 2.05) is 13.0 Å². The highest BCUT2D eigenvalue weighted by Gasteiger charge is 2.05. The minimum atomic E-state index is 0.0888. The first-order chi connectivity index (χ1) is 6.66. The van der Waals surface area contributed by atoms with E-state index >= 15 is 0 Å². The van der Waals surface area contributed by atoms with Gasteiger partial charge in [0, 0.05) is 12.3 Å². The molecule has 0 fully saturated rings. The fourth-order valence-electron chi connectivity index (χ4n) is 1.24. The number of rotatable bonds is 1. The van der Waals surface area contributed by atoms with Crippen LogP contribution in [0.1, 0.15) is 5.69 Å². The monoisotopic (exact) mass is 190 g/mol. The average molecular weight is 190 g/mol. The zero-order valence-electron chi connectivity index (χ0n) is 7.68. The first-order valence-corrected chi connectivity index (χ1v) is 4.21. The van der Waals surface area contributed by atoms with Crippen LogP contribution in [-0.2, 0) is 0 Å². The summed E-state index contributed by atoms with van der Waals surface area (Å²) in [4.78, 5) is 0. The molecule has 2 aromatic rings.